The molecular weight excluding hydrogens is 220 g/mol. The molecule has 1 saturated heterocycles. The van der Waals surface area contributed by atoms with E-state index in [1.807, 2.05) is 37.7 Å². The minimum Gasteiger partial charge on any atom is -0.473 e. The van der Waals surface area contributed by atoms with Crippen LogP contribution in [0.4, 0.5) is 5.69 Å². The summed E-state index contributed by atoms with van der Waals surface area (Å²) in [4.78, 5) is 4.27. The van der Waals surface area contributed by atoms with Crippen molar-refractivity contribution in [1.29, 1.82) is 0 Å². The Hall–Kier alpha value is -0.900. The first-order valence-corrected chi connectivity index (χ1v) is 6.87. The van der Waals surface area contributed by atoms with Crippen molar-refractivity contribution < 1.29 is 4.74 Å². The zero-order chi connectivity index (χ0) is 11.4. The van der Waals surface area contributed by atoms with E-state index in [9.17, 15) is 0 Å². The molecule has 0 radical (unpaired) electrons. The van der Waals surface area contributed by atoms with Gasteiger partial charge in [-0.1, -0.05) is 0 Å². The Kier molecular flexibility index (Phi) is 3.93. The zero-order valence-corrected chi connectivity index (χ0v) is 10.6. The molecule has 0 amide bonds. The lowest BCUT2D eigenvalue weighted by Gasteiger charge is -2.17. The van der Waals surface area contributed by atoms with Crippen LogP contribution in [-0.2, 0) is 0 Å². The lowest BCUT2D eigenvalue weighted by atomic mass is 10.2. The number of hydrogen-bond donors (Lipinski definition) is 1. The Balaban J connectivity index is 2.06. The Morgan fingerprint density at radius 1 is 1.56 bits per heavy atom. The predicted molar refractivity (Wildman–Crippen MR) is 69.4 cm³/mol. The van der Waals surface area contributed by atoms with Crippen LogP contribution in [0.5, 0.6) is 5.88 Å². The van der Waals surface area contributed by atoms with Crippen LogP contribution in [-0.4, -0.2) is 28.6 Å². The molecule has 0 spiro atoms. The van der Waals surface area contributed by atoms with Crippen molar-refractivity contribution in [2.75, 3.05) is 16.8 Å². The van der Waals surface area contributed by atoms with Crippen molar-refractivity contribution in [2.24, 2.45) is 0 Å². The van der Waals surface area contributed by atoms with Gasteiger partial charge in [-0.2, -0.15) is 11.8 Å². The Morgan fingerprint density at radius 3 is 3.12 bits per heavy atom. The molecule has 1 fully saturated rings. The average Bonchev–Trinajstić information content (AvgIpc) is 2.73. The number of rotatable bonds is 4. The van der Waals surface area contributed by atoms with E-state index in [4.69, 9.17) is 4.74 Å². The van der Waals surface area contributed by atoms with E-state index in [0.29, 0.717) is 6.04 Å². The number of hydrogen-bond acceptors (Lipinski definition) is 4. The van der Waals surface area contributed by atoms with Crippen LogP contribution in [0.2, 0.25) is 0 Å². The Morgan fingerprint density at radius 2 is 2.44 bits per heavy atom. The minimum atomic E-state index is 0.161. The van der Waals surface area contributed by atoms with E-state index < -0.39 is 0 Å². The summed E-state index contributed by atoms with van der Waals surface area (Å²) in [5.41, 5.74) is 1.02. The van der Waals surface area contributed by atoms with Gasteiger partial charge in [-0.15, -0.1) is 0 Å². The van der Waals surface area contributed by atoms with Gasteiger partial charge in [0.1, 0.15) is 0 Å². The Bertz CT molecular complexity index is 338. The average molecular weight is 238 g/mol. The third-order valence-electron chi connectivity index (χ3n) is 2.41. The molecule has 0 aromatic carbocycles. The SMILES string of the molecule is CC(C)Oc1ncccc1NC1CCSC1. The normalized spacial score (nSPS) is 20.1. The minimum absolute atomic E-state index is 0.161. The summed E-state index contributed by atoms with van der Waals surface area (Å²) >= 11 is 2.00. The highest BCUT2D eigenvalue weighted by molar-refractivity contribution is 7.99. The van der Waals surface area contributed by atoms with Gasteiger partial charge in [0, 0.05) is 18.0 Å². The molecule has 4 heteroatoms. The second kappa shape index (κ2) is 5.43. The summed E-state index contributed by atoms with van der Waals surface area (Å²) in [5.74, 6) is 3.14. The molecular formula is C12H18N2OS. The maximum Gasteiger partial charge on any atom is 0.237 e. The van der Waals surface area contributed by atoms with Crippen LogP contribution in [0.1, 0.15) is 20.3 Å². The molecule has 1 N–H and O–H groups in total. The molecule has 0 aliphatic carbocycles. The van der Waals surface area contributed by atoms with Gasteiger partial charge in [0.2, 0.25) is 5.88 Å². The van der Waals surface area contributed by atoms with Gasteiger partial charge in [-0.25, -0.2) is 4.98 Å². The largest absolute Gasteiger partial charge is 0.473 e. The highest BCUT2D eigenvalue weighted by Crippen LogP contribution is 2.26. The zero-order valence-electron chi connectivity index (χ0n) is 9.77. The van der Waals surface area contributed by atoms with E-state index in [1.165, 1.54) is 17.9 Å². The molecule has 1 atom stereocenters. The standard InChI is InChI=1S/C12H18N2OS/c1-9(2)15-12-11(4-3-6-13-12)14-10-5-7-16-8-10/h3-4,6,9-10,14H,5,7-8H2,1-2H3. The third-order valence-corrected chi connectivity index (χ3v) is 3.57. The van der Waals surface area contributed by atoms with Crippen LogP contribution in [0.3, 0.4) is 0 Å². The van der Waals surface area contributed by atoms with Crippen LogP contribution in [0, 0.1) is 0 Å². The molecule has 16 heavy (non-hydrogen) atoms. The van der Waals surface area contributed by atoms with Crippen LogP contribution in [0.15, 0.2) is 18.3 Å². The van der Waals surface area contributed by atoms with Crippen molar-refractivity contribution in [3.63, 3.8) is 0 Å². The smallest absolute Gasteiger partial charge is 0.237 e. The second-order valence-corrected chi connectivity index (χ2v) is 5.38. The van der Waals surface area contributed by atoms with E-state index in [-0.39, 0.29) is 6.10 Å². The van der Waals surface area contributed by atoms with E-state index in [0.717, 1.165) is 11.6 Å². The molecule has 1 aliphatic rings. The fourth-order valence-electron chi connectivity index (χ4n) is 1.69. The molecule has 1 aromatic heterocycles. The molecule has 1 aromatic rings. The van der Waals surface area contributed by atoms with Gasteiger partial charge in [-0.05, 0) is 38.2 Å². The lowest BCUT2D eigenvalue weighted by molar-refractivity contribution is 0.234. The van der Waals surface area contributed by atoms with Gasteiger partial charge in [0.05, 0.1) is 11.8 Å². The fraction of sp³-hybridized carbons (Fsp3) is 0.583. The first-order valence-electron chi connectivity index (χ1n) is 5.71. The number of nitrogens with zero attached hydrogens (tertiary/aromatic N) is 1. The molecule has 2 heterocycles. The highest BCUT2D eigenvalue weighted by atomic mass is 32.2. The van der Waals surface area contributed by atoms with Gasteiger partial charge < -0.3 is 10.1 Å². The number of ether oxygens (including phenoxy) is 1. The number of pyridine rings is 1. The topological polar surface area (TPSA) is 34.1 Å². The highest BCUT2D eigenvalue weighted by Gasteiger charge is 2.17. The van der Waals surface area contributed by atoms with Crippen molar-refractivity contribution >= 4 is 17.4 Å². The van der Waals surface area contributed by atoms with Crippen molar-refractivity contribution in [1.82, 2.24) is 4.98 Å². The van der Waals surface area contributed by atoms with Crippen LogP contribution < -0.4 is 10.1 Å². The quantitative estimate of drug-likeness (QED) is 0.874. The van der Waals surface area contributed by atoms with Crippen molar-refractivity contribution in [3.8, 4) is 5.88 Å². The van der Waals surface area contributed by atoms with E-state index in [2.05, 4.69) is 10.3 Å². The predicted octanol–water partition coefficient (Wildman–Crippen LogP) is 2.79. The van der Waals surface area contributed by atoms with Crippen LogP contribution in [0.25, 0.3) is 0 Å². The van der Waals surface area contributed by atoms with Gasteiger partial charge >= 0.3 is 0 Å². The molecule has 88 valence electrons. The summed E-state index contributed by atoms with van der Waals surface area (Å²) in [5, 5.41) is 3.51. The molecule has 1 unspecified atom stereocenters. The van der Waals surface area contributed by atoms with Gasteiger partial charge in [0.15, 0.2) is 0 Å². The second-order valence-electron chi connectivity index (χ2n) is 4.23. The monoisotopic (exact) mass is 238 g/mol. The molecule has 3 nitrogen and oxygen atoms in total. The number of aromatic nitrogens is 1. The summed E-state index contributed by atoms with van der Waals surface area (Å²) in [6.45, 7) is 4.04. The number of thioether (sulfide) groups is 1. The van der Waals surface area contributed by atoms with Gasteiger partial charge in [-0.3, -0.25) is 0 Å². The maximum atomic E-state index is 5.68. The molecule has 1 aliphatic heterocycles. The van der Waals surface area contributed by atoms with E-state index in [1.54, 1.807) is 6.20 Å². The van der Waals surface area contributed by atoms with Crippen LogP contribution >= 0.6 is 11.8 Å². The first kappa shape index (κ1) is 11.6. The van der Waals surface area contributed by atoms with Gasteiger partial charge in [0.25, 0.3) is 0 Å². The van der Waals surface area contributed by atoms with Crippen molar-refractivity contribution in [3.05, 3.63) is 18.3 Å². The molecule has 2 rings (SSSR count). The maximum absolute atomic E-state index is 5.68. The first-order chi connectivity index (χ1) is 7.75. The lowest BCUT2D eigenvalue weighted by Crippen LogP contribution is -2.19. The summed E-state index contributed by atoms with van der Waals surface area (Å²) < 4.78 is 5.68. The molecule has 0 bridgehead atoms. The number of nitrogens with one attached hydrogen (secondary N) is 1. The van der Waals surface area contributed by atoms with E-state index >= 15 is 0 Å². The summed E-state index contributed by atoms with van der Waals surface area (Å²) in [6, 6.07) is 4.54. The third kappa shape index (κ3) is 3.04. The summed E-state index contributed by atoms with van der Waals surface area (Å²) in [7, 11) is 0. The fourth-order valence-corrected chi connectivity index (χ4v) is 2.84. The van der Waals surface area contributed by atoms with Crippen molar-refractivity contribution in [2.45, 2.75) is 32.4 Å². The number of anilines is 1. The molecule has 0 saturated carbocycles. The summed E-state index contributed by atoms with van der Waals surface area (Å²) in [6.07, 6.45) is 3.15. The Labute approximate surface area is 101 Å².